The molecule has 1 aliphatic rings. The van der Waals surface area contributed by atoms with Gasteiger partial charge in [0.25, 0.3) is 0 Å². The number of carbonyl (C=O) groups is 1. The van der Waals surface area contributed by atoms with E-state index in [0.29, 0.717) is 11.5 Å². The topological polar surface area (TPSA) is 41.1 Å². The number of amides is 1. The van der Waals surface area contributed by atoms with Gasteiger partial charge < -0.3 is 10.6 Å². The van der Waals surface area contributed by atoms with Crippen LogP contribution in [0.2, 0.25) is 0 Å². The van der Waals surface area contributed by atoms with Crippen molar-refractivity contribution < 1.29 is 4.79 Å². The highest BCUT2D eigenvalue weighted by Crippen LogP contribution is 2.21. The lowest BCUT2D eigenvalue weighted by molar-refractivity contribution is -0.126. The summed E-state index contributed by atoms with van der Waals surface area (Å²) in [7, 11) is 0. The van der Waals surface area contributed by atoms with Crippen LogP contribution in [0.5, 0.6) is 0 Å². The number of halogens is 1. The molecule has 0 aromatic carbocycles. The van der Waals surface area contributed by atoms with Gasteiger partial charge in [-0.3, -0.25) is 4.79 Å². The lowest BCUT2D eigenvalue weighted by Crippen LogP contribution is -2.43. The third kappa shape index (κ3) is 7.22. The van der Waals surface area contributed by atoms with E-state index in [-0.39, 0.29) is 24.2 Å². The summed E-state index contributed by atoms with van der Waals surface area (Å²) in [6, 6.07) is 0.295. The molecule has 108 valence electrons. The Kier molecular flexibility index (Phi) is 7.88. The van der Waals surface area contributed by atoms with Gasteiger partial charge in [0.05, 0.1) is 5.92 Å². The Balaban J connectivity index is 0.00000289. The highest BCUT2D eigenvalue weighted by molar-refractivity contribution is 5.85. The molecule has 18 heavy (non-hydrogen) atoms. The molecule has 1 fully saturated rings. The van der Waals surface area contributed by atoms with Gasteiger partial charge in [-0.25, -0.2) is 0 Å². The minimum atomic E-state index is 0. The first-order valence-corrected chi connectivity index (χ1v) is 6.89. The molecule has 0 spiro atoms. The van der Waals surface area contributed by atoms with Gasteiger partial charge in [-0.1, -0.05) is 20.8 Å². The van der Waals surface area contributed by atoms with E-state index in [9.17, 15) is 4.79 Å². The molecular weight excluding hydrogens is 248 g/mol. The summed E-state index contributed by atoms with van der Waals surface area (Å²) >= 11 is 0. The highest BCUT2D eigenvalue weighted by atomic mass is 35.5. The van der Waals surface area contributed by atoms with Crippen LogP contribution in [0.25, 0.3) is 0 Å². The number of rotatable bonds is 4. The molecule has 0 aromatic rings. The molecule has 1 rings (SSSR count). The van der Waals surface area contributed by atoms with E-state index < -0.39 is 0 Å². The summed E-state index contributed by atoms with van der Waals surface area (Å²) in [6.45, 7) is 10.7. The molecule has 0 saturated carbocycles. The Hall–Kier alpha value is -0.280. The zero-order valence-corrected chi connectivity index (χ0v) is 13.0. The van der Waals surface area contributed by atoms with Crippen molar-refractivity contribution in [1.82, 2.24) is 10.6 Å². The number of hydrogen-bond donors (Lipinski definition) is 2. The molecule has 1 aliphatic heterocycles. The van der Waals surface area contributed by atoms with Gasteiger partial charge in [-0.2, -0.15) is 0 Å². The molecule has 4 heteroatoms. The fourth-order valence-corrected chi connectivity index (χ4v) is 2.16. The average molecular weight is 277 g/mol. The van der Waals surface area contributed by atoms with Crippen molar-refractivity contribution in [3.05, 3.63) is 0 Å². The monoisotopic (exact) mass is 276 g/mol. The van der Waals surface area contributed by atoms with Crippen LogP contribution in [0, 0.1) is 11.3 Å². The van der Waals surface area contributed by atoms with Crippen LogP contribution in [0.15, 0.2) is 0 Å². The Labute approximate surface area is 118 Å². The lowest BCUT2D eigenvalue weighted by atomic mass is 9.89. The van der Waals surface area contributed by atoms with Crippen LogP contribution in [-0.4, -0.2) is 25.0 Å². The summed E-state index contributed by atoms with van der Waals surface area (Å²) in [5.74, 6) is 0.416. The SMILES string of the molecule is CC(CCC(C)(C)C)NC(=O)C1CCCNC1.Cl. The van der Waals surface area contributed by atoms with Gasteiger partial charge in [-0.15, -0.1) is 12.4 Å². The van der Waals surface area contributed by atoms with Crippen molar-refractivity contribution in [1.29, 1.82) is 0 Å². The molecule has 2 N–H and O–H groups in total. The first-order valence-electron chi connectivity index (χ1n) is 6.89. The van der Waals surface area contributed by atoms with E-state index in [1.807, 2.05) is 0 Å². The Morgan fingerprint density at radius 2 is 2.11 bits per heavy atom. The van der Waals surface area contributed by atoms with Crippen LogP contribution in [0.1, 0.15) is 53.4 Å². The van der Waals surface area contributed by atoms with E-state index in [0.717, 1.165) is 38.8 Å². The molecule has 1 amide bonds. The molecule has 0 aromatic heterocycles. The number of nitrogens with one attached hydrogen (secondary N) is 2. The van der Waals surface area contributed by atoms with Gasteiger partial charge in [0.15, 0.2) is 0 Å². The Morgan fingerprint density at radius 1 is 1.44 bits per heavy atom. The minimum absolute atomic E-state index is 0. The predicted octanol–water partition coefficient (Wildman–Crippen LogP) is 2.74. The lowest BCUT2D eigenvalue weighted by Gasteiger charge is -2.25. The zero-order valence-electron chi connectivity index (χ0n) is 12.2. The third-order valence-electron chi connectivity index (χ3n) is 3.38. The highest BCUT2D eigenvalue weighted by Gasteiger charge is 2.22. The van der Waals surface area contributed by atoms with Gasteiger partial charge in [0.2, 0.25) is 5.91 Å². The second-order valence-corrected chi connectivity index (χ2v) is 6.55. The standard InChI is InChI=1S/C14H28N2O.ClH/c1-11(7-8-14(2,3)4)16-13(17)12-6-5-9-15-10-12;/h11-12,15H,5-10H2,1-4H3,(H,16,17);1H. The third-order valence-corrected chi connectivity index (χ3v) is 3.38. The number of hydrogen-bond acceptors (Lipinski definition) is 2. The first-order chi connectivity index (χ1) is 7.88. The van der Waals surface area contributed by atoms with Gasteiger partial charge in [-0.05, 0) is 44.6 Å². The molecular formula is C14H29ClN2O. The van der Waals surface area contributed by atoms with Crippen LogP contribution >= 0.6 is 12.4 Å². The molecule has 0 aliphatic carbocycles. The maximum Gasteiger partial charge on any atom is 0.224 e. The fourth-order valence-electron chi connectivity index (χ4n) is 2.16. The van der Waals surface area contributed by atoms with E-state index in [4.69, 9.17) is 0 Å². The van der Waals surface area contributed by atoms with Crippen molar-refractivity contribution in [2.24, 2.45) is 11.3 Å². The molecule has 1 heterocycles. The molecule has 2 atom stereocenters. The van der Waals surface area contributed by atoms with Gasteiger partial charge >= 0.3 is 0 Å². The first kappa shape index (κ1) is 17.7. The normalized spacial score (nSPS) is 21.9. The smallest absolute Gasteiger partial charge is 0.224 e. The van der Waals surface area contributed by atoms with E-state index in [2.05, 4.69) is 38.3 Å². The largest absolute Gasteiger partial charge is 0.353 e. The fraction of sp³-hybridized carbons (Fsp3) is 0.929. The quantitative estimate of drug-likeness (QED) is 0.829. The Bertz CT molecular complexity index is 245. The summed E-state index contributed by atoms with van der Waals surface area (Å²) < 4.78 is 0. The van der Waals surface area contributed by atoms with Gasteiger partial charge in [0, 0.05) is 12.6 Å². The van der Waals surface area contributed by atoms with E-state index in [1.54, 1.807) is 0 Å². The number of carbonyl (C=O) groups excluding carboxylic acids is 1. The second kappa shape index (κ2) is 8.00. The van der Waals surface area contributed by atoms with Crippen molar-refractivity contribution in [3.63, 3.8) is 0 Å². The maximum absolute atomic E-state index is 12.0. The summed E-state index contributed by atoms with van der Waals surface area (Å²) in [5.41, 5.74) is 0.353. The van der Waals surface area contributed by atoms with E-state index in [1.165, 1.54) is 0 Å². The molecule has 2 unspecified atom stereocenters. The molecule has 0 bridgehead atoms. The molecule has 0 radical (unpaired) electrons. The summed E-state index contributed by atoms with van der Waals surface area (Å²) in [6.07, 6.45) is 4.37. The van der Waals surface area contributed by atoms with Crippen molar-refractivity contribution in [3.8, 4) is 0 Å². The van der Waals surface area contributed by atoms with Crippen LogP contribution < -0.4 is 10.6 Å². The van der Waals surface area contributed by atoms with Crippen LogP contribution in [0.3, 0.4) is 0 Å². The second-order valence-electron chi connectivity index (χ2n) is 6.55. The van der Waals surface area contributed by atoms with Gasteiger partial charge in [0.1, 0.15) is 0 Å². The van der Waals surface area contributed by atoms with Crippen LogP contribution in [0.4, 0.5) is 0 Å². The van der Waals surface area contributed by atoms with Crippen molar-refractivity contribution >= 4 is 18.3 Å². The van der Waals surface area contributed by atoms with Crippen molar-refractivity contribution in [2.75, 3.05) is 13.1 Å². The average Bonchev–Trinajstić information content (AvgIpc) is 2.27. The molecule has 3 nitrogen and oxygen atoms in total. The Morgan fingerprint density at radius 3 is 2.61 bits per heavy atom. The maximum atomic E-state index is 12.0. The van der Waals surface area contributed by atoms with Crippen LogP contribution in [-0.2, 0) is 4.79 Å². The zero-order chi connectivity index (χ0) is 12.9. The number of piperidine rings is 1. The predicted molar refractivity (Wildman–Crippen MR) is 79.1 cm³/mol. The summed E-state index contributed by atoms with van der Waals surface area (Å²) in [4.78, 5) is 12.0. The minimum Gasteiger partial charge on any atom is -0.353 e. The molecule has 1 saturated heterocycles. The van der Waals surface area contributed by atoms with E-state index >= 15 is 0 Å². The summed E-state index contributed by atoms with van der Waals surface area (Å²) in [5, 5.41) is 6.43. The van der Waals surface area contributed by atoms with Crippen molar-refractivity contribution in [2.45, 2.75) is 59.4 Å².